The quantitative estimate of drug-likeness (QED) is 0.772. The van der Waals surface area contributed by atoms with Gasteiger partial charge in [0.1, 0.15) is 9.84 Å². The molecule has 3 fully saturated rings. The number of rotatable bonds is 2. The molecule has 3 heterocycles. The summed E-state index contributed by atoms with van der Waals surface area (Å²) in [5.74, 6) is 1.44. The Morgan fingerprint density at radius 3 is 2.35 bits per heavy atom. The summed E-state index contributed by atoms with van der Waals surface area (Å²) in [6, 6.07) is 1.83. The normalized spacial score (nSPS) is 36.4. The van der Waals surface area contributed by atoms with Crippen molar-refractivity contribution in [2.45, 2.75) is 57.7 Å². The number of piperazine rings is 1. The van der Waals surface area contributed by atoms with Gasteiger partial charge in [-0.2, -0.15) is 0 Å². The molecule has 0 aliphatic carbocycles. The van der Waals surface area contributed by atoms with Gasteiger partial charge in [0.05, 0.1) is 11.5 Å². The maximum absolute atomic E-state index is 11.7. The second-order valence-corrected chi connectivity index (χ2v) is 9.49. The number of hydrogen-bond donors (Lipinski definition) is 0. The molecule has 0 amide bonds. The van der Waals surface area contributed by atoms with E-state index in [-0.39, 0.29) is 0 Å². The molecule has 0 radical (unpaired) electrons. The first-order chi connectivity index (χ1) is 9.46. The number of fused-ring (bicyclic) bond motifs is 1. The van der Waals surface area contributed by atoms with Gasteiger partial charge in [0.2, 0.25) is 0 Å². The van der Waals surface area contributed by atoms with Gasteiger partial charge in [-0.1, -0.05) is 13.8 Å². The predicted molar refractivity (Wildman–Crippen MR) is 81.6 cm³/mol. The van der Waals surface area contributed by atoms with E-state index in [1.165, 1.54) is 25.9 Å². The van der Waals surface area contributed by atoms with E-state index < -0.39 is 9.84 Å². The van der Waals surface area contributed by atoms with E-state index in [9.17, 15) is 8.42 Å². The predicted octanol–water partition coefficient (Wildman–Crippen LogP) is 1.37. The zero-order valence-corrected chi connectivity index (χ0v) is 13.6. The van der Waals surface area contributed by atoms with Crippen LogP contribution in [-0.2, 0) is 9.84 Å². The molecular formula is C15H28N2O2S. The Kier molecular flexibility index (Phi) is 4.13. The minimum absolute atomic E-state index is 0.396. The summed E-state index contributed by atoms with van der Waals surface area (Å²) in [6.07, 6.45) is 4.35. The van der Waals surface area contributed by atoms with Crippen molar-refractivity contribution in [1.29, 1.82) is 0 Å². The van der Waals surface area contributed by atoms with E-state index in [0.29, 0.717) is 29.5 Å². The molecule has 20 heavy (non-hydrogen) atoms. The Bertz CT molecular complexity index is 435. The molecule has 2 unspecified atom stereocenters. The average molecular weight is 300 g/mol. The zero-order valence-electron chi connectivity index (χ0n) is 12.8. The smallest absolute Gasteiger partial charge is 0.150 e. The maximum Gasteiger partial charge on any atom is 0.150 e. The molecule has 116 valence electrons. The van der Waals surface area contributed by atoms with Gasteiger partial charge in [-0.25, -0.2) is 8.42 Å². The molecule has 5 heteroatoms. The Labute approximate surface area is 123 Å². The molecule has 0 aromatic carbocycles. The van der Waals surface area contributed by atoms with Crippen LogP contribution in [0.2, 0.25) is 0 Å². The number of hydrogen-bond acceptors (Lipinski definition) is 4. The van der Waals surface area contributed by atoms with E-state index in [1.54, 1.807) is 0 Å². The van der Waals surface area contributed by atoms with Crippen LogP contribution in [0.3, 0.4) is 0 Å². The summed E-state index contributed by atoms with van der Waals surface area (Å²) in [5.41, 5.74) is 0. The van der Waals surface area contributed by atoms with Gasteiger partial charge in [-0.05, 0) is 38.1 Å². The molecule has 0 bridgehead atoms. The molecule has 0 aromatic heterocycles. The second kappa shape index (κ2) is 5.58. The van der Waals surface area contributed by atoms with Crippen LogP contribution < -0.4 is 0 Å². The summed E-state index contributed by atoms with van der Waals surface area (Å²) < 4.78 is 23.3. The van der Waals surface area contributed by atoms with Crippen LogP contribution in [0.1, 0.15) is 39.5 Å². The van der Waals surface area contributed by atoms with Crippen molar-refractivity contribution in [3.8, 4) is 0 Å². The van der Waals surface area contributed by atoms with Crippen LogP contribution in [0.25, 0.3) is 0 Å². The molecule has 0 saturated carbocycles. The van der Waals surface area contributed by atoms with Crippen molar-refractivity contribution in [3.63, 3.8) is 0 Å². The van der Waals surface area contributed by atoms with E-state index in [1.807, 2.05) is 0 Å². The lowest BCUT2D eigenvalue weighted by atomic mass is 9.94. The van der Waals surface area contributed by atoms with Gasteiger partial charge >= 0.3 is 0 Å². The molecule has 3 aliphatic rings. The topological polar surface area (TPSA) is 40.6 Å². The minimum Gasteiger partial charge on any atom is -0.298 e. The lowest BCUT2D eigenvalue weighted by Gasteiger charge is -2.49. The van der Waals surface area contributed by atoms with Crippen molar-refractivity contribution in [3.05, 3.63) is 0 Å². The van der Waals surface area contributed by atoms with Gasteiger partial charge in [-0.15, -0.1) is 0 Å². The molecular weight excluding hydrogens is 272 g/mol. The SMILES string of the molecule is CC(C)C1CN2CCCC2CN1C1CCS(=O)(=O)CC1. The first kappa shape index (κ1) is 14.8. The lowest BCUT2D eigenvalue weighted by Crippen LogP contribution is -2.61. The van der Waals surface area contributed by atoms with Crippen LogP contribution in [0.15, 0.2) is 0 Å². The fourth-order valence-corrected chi connectivity index (χ4v) is 5.76. The van der Waals surface area contributed by atoms with Crippen molar-refractivity contribution >= 4 is 9.84 Å². The fourth-order valence-electron chi connectivity index (χ4n) is 4.29. The fraction of sp³-hybridized carbons (Fsp3) is 1.00. The molecule has 3 saturated heterocycles. The van der Waals surface area contributed by atoms with Crippen LogP contribution >= 0.6 is 0 Å². The Balaban J connectivity index is 1.72. The summed E-state index contributed by atoms with van der Waals surface area (Å²) >= 11 is 0. The van der Waals surface area contributed by atoms with Crippen molar-refractivity contribution < 1.29 is 8.42 Å². The first-order valence-electron chi connectivity index (χ1n) is 8.16. The van der Waals surface area contributed by atoms with Crippen molar-refractivity contribution in [2.24, 2.45) is 5.92 Å². The second-order valence-electron chi connectivity index (χ2n) is 7.18. The first-order valence-corrected chi connectivity index (χ1v) is 9.98. The molecule has 0 aromatic rings. The third kappa shape index (κ3) is 2.90. The molecule has 4 nitrogen and oxygen atoms in total. The highest BCUT2D eigenvalue weighted by atomic mass is 32.2. The monoisotopic (exact) mass is 300 g/mol. The molecule has 3 rings (SSSR count). The Hall–Kier alpha value is -0.130. The molecule has 2 atom stereocenters. The summed E-state index contributed by atoms with van der Waals surface area (Å²) in [6.45, 7) is 8.24. The average Bonchev–Trinajstić information content (AvgIpc) is 2.84. The highest BCUT2D eigenvalue weighted by Gasteiger charge is 2.41. The van der Waals surface area contributed by atoms with Crippen molar-refractivity contribution in [1.82, 2.24) is 9.80 Å². The highest BCUT2D eigenvalue weighted by Crippen LogP contribution is 2.31. The van der Waals surface area contributed by atoms with E-state index in [0.717, 1.165) is 25.4 Å². The Morgan fingerprint density at radius 2 is 1.70 bits per heavy atom. The van der Waals surface area contributed by atoms with Gasteiger partial charge in [-0.3, -0.25) is 9.80 Å². The lowest BCUT2D eigenvalue weighted by molar-refractivity contribution is -0.00259. The van der Waals surface area contributed by atoms with Gasteiger partial charge in [0, 0.05) is 31.2 Å². The van der Waals surface area contributed by atoms with E-state index in [2.05, 4.69) is 23.6 Å². The number of nitrogens with zero attached hydrogens (tertiary/aromatic N) is 2. The van der Waals surface area contributed by atoms with Gasteiger partial charge in [0.15, 0.2) is 0 Å². The van der Waals surface area contributed by atoms with Crippen LogP contribution in [-0.4, -0.2) is 67.5 Å². The van der Waals surface area contributed by atoms with Gasteiger partial charge < -0.3 is 0 Å². The van der Waals surface area contributed by atoms with E-state index in [4.69, 9.17) is 0 Å². The molecule has 3 aliphatic heterocycles. The summed E-state index contributed by atoms with van der Waals surface area (Å²) in [5, 5.41) is 0. The standard InChI is InChI=1S/C15H28N2O2S/c1-12(2)15-11-16-7-3-4-14(16)10-17(15)13-5-8-20(18,19)9-6-13/h12-15H,3-11H2,1-2H3. The third-order valence-corrected chi connectivity index (χ3v) is 7.25. The molecule has 0 N–H and O–H groups in total. The minimum atomic E-state index is -2.75. The van der Waals surface area contributed by atoms with E-state index >= 15 is 0 Å². The summed E-state index contributed by atoms with van der Waals surface area (Å²) in [4.78, 5) is 5.34. The molecule has 0 spiro atoms. The highest BCUT2D eigenvalue weighted by molar-refractivity contribution is 7.91. The van der Waals surface area contributed by atoms with Crippen LogP contribution in [0.5, 0.6) is 0 Å². The number of sulfone groups is 1. The largest absolute Gasteiger partial charge is 0.298 e. The third-order valence-electron chi connectivity index (χ3n) is 5.53. The van der Waals surface area contributed by atoms with Crippen molar-refractivity contribution in [2.75, 3.05) is 31.1 Å². The van der Waals surface area contributed by atoms with Crippen LogP contribution in [0, 0.1) is 5.92 Å². The zero-order chi connectivity index (χ0) is 14.3. The van der Waals surface area contributed by atoms with Gasteiger partial charge in [0.25, 0.3) is 0 Å². The summed E-state index contributed by atoms with van der Waals surface area (Å²) in [7, 11) is -2.75. The Morgan fingerprint density at radius 1 is 1.00 bits per heavy atom. The maximum atomic E-state index is 11.7. The van der Waals surface area contributed by atoms with Crippen LogP contribution in [0.4, 0.5) is 0 Å².